The van der Waals surface area contributed by atoms with Gasteiger partial charge in [0.05, 0.1) is 0 Å². The van der Waals surface area contributed by atoms with E-state index in [1.807, 2.05) is 0 Å². The Morgan fingerprint density at radius 3 is 2.11 bits per heavy atom. The Balaban J connectivity index is 0.000000861. The van der Waals surface area contributed by atoms with E-state index in [0.717, 1.165) is 12.8 Å². The van der Waals surface area contributed by atoms with Crippen LogP contribution in [0.15, 0.2) is 37.4 Å². The van der Waals surface area contributed by atoms with E-state index in [1.165, 1.54) is 11.1 Å². The molecule has 1 saturated carbocycles. The van der Waals surface area contributed by atoms with Crippen molar-refractivity contribution in [2.75, 3.05) is 14.1 Å². The van der Waals surface area contributed by atoms with E-state index >= 15 is 0 Å². The Kier molecular flexibility index (Phi) is 5.49. The lowest BCUT2D eigenvalue weighted by molar-refractivity contribution is -0.122. The molecule has 1 aromatic carbocycles. The van der Waals surface area contributed by atoms with Gasteiger partial charge in [0.1, 0.15) is 5.78 Å². The van der Waals surface area contributed by atoms with Gasteiger partial charge in [-0.25, -0.2) is 0 Å². The topological polar surface area (TPSA) is 20.3 Å². The van der Waals surface area contributed by atoms with Crippen LogP contribution in [0.2, 0.25) is 0 Å². The highest BCUT2D eigenvalue weighted by Crippen LogP contribution is 2.41. The monoisotopic (exact) mass is 259 g/mol. The largest absolute Gasteiger partial charge is 0.300 e. The molecule has 19 heavy (non-hydrogen) atoms. The number of rotatable bonds is 2. The molecule has 0 N–H and O–H groups in total. The summed E-state index contributed by atoms with van der Waals surface area (Å²) in [6.45, 7) is 8.16. The number of ketones is 1. The number of Topliss-reactive ketones (excluding diaryl/α,β-unsaturated/α-hetero) is 1. The molecule has 2 rings (SSSR count). The molecular formula is C17H25NO. The molecule has 0 aliphatic heterocycles. The highest BCUT2D eigenvalue weighted by atomic mass is 16.1. The average Bonchev–Trinajstić information content (AvgIpc) is 2.43. The molecule has 1 aromatic rings. The first-order valence-electron chi connectivity index (χ1n) is 6.81. The summed E-state index contributed by atoms with van der Waals surface area (Å²) in [7, 11) is 4.25. The van der Waals surface area contributed by atoms with Crippen molar-refractivity contribution in [1.82, 2.24) is 4.90 Å². The van der Waals surface area contributed by atoms with Gasteiger partial charge in [-0.2, -0.15) is 0 Å². The minimum Gasteiger partial charge on any atom is -0.300 e. The number of hydrogen-bond donors (Lipinski definition) is 0. The minimum absolute atomic E-state index is 0.0548. The molecule has 104 valence electrons. The van der Waals surface area contributed by atoms with Crippen LogP contribution in [-0.2, 0) is 10.3 Å². The van der Waals surface area contributed by atoms with Crippen LogP contribution < -0.4 is 0 Å². The minimum atomic E-state index is 0.0548. The lowest BCUT2D eigenvalue weighted by Gasteiger charge is -2.44. The summed E-state index contributed by atoms with van der Waals surface area (Å²) in [5.74, 6) is 0.413. The van der Waals surface area contributed by atoms with Crippen molar-refractivity contribution in [3.8, 4) is 0 Å². The van der Waals surface area contributed by atoms with Gasteiger partial charge in [-0.1, -0.05) is 24.3 Å². The Hall–Kier alpha value is -1.41. The van der Waals surface area contributed by atoms with Crippen LogP contribution in [0, 0.1) is 6.92 Å². The summed E-state index contributed by atoms with van der Waals surface area (Å²) in [5, 5.41) is 0. The fourth-order valence-corrected chi connectivity index (χ4v) is 2.99. The first-order valence-corrected chi connectivity index (χ1v) is 6.81. The fourth-order valence-electron chi connectivity index (χ4n) is 2.99. The molecule has 2 nitrogen and oxygen atoms in total. The summed E-state index contributed by atoms with van der Waals surface area (Å²) in [6.07, 6.45) is 3.33. The Morgan fingerprint density at radius 2 is 1.63 bits per heavy atom. The highest BCUT2D eigenvalue weighted by Gasteiger charge is 2.38. The molecule has 0 unspecified atom stereocenters. The molecule has 0 heterocycles. The second-order valence-corrected chi connectivity index (χ2v) is 5.28. The molecule has 0 bridgehead atoms. The van der Waals surface area contributed by atoms with E-state index in [1.54, 1.807) is 0 Å². The number of carbonyl (C=O) groups excluding carboxylic acids is 1. The molecular weight excluding hydrogens is 234 g/mol. The normalized spacial score (nSPS) is 17.8. The second kappa shape index (κ2) is 6.67. The van der Waals surface area contributed by atoms with Crippen molar-refractivity contribution < 1.29 is 4.79 Å². The van der Waals surface area contributed by atoms with Gasteiger partial charge in [-0.05, 0) is 45.0 Å². The number of aryl methyl sites for hydroxylation is 1. The standard InChI is InChI=1S/C15H21NO.C2H4/c1-12-6-4-5-7-14(12)15(16(2)3)10-8-13(17)9-11-15;1-2/h4-7H,8-11H2,1-3H3;1-2H2. The lowest BCUT2D eigenvalue weighted by Crippen LogP contribution is -2.45. The van der Waals surface area contributed by atoms with E-state index in [4.69, 9.17) is 0 Å². The third kappa shape index (κ3) is 3.13. The lowest BCUT2D eigenvalue weighted by atomic mass is 9.74. The van der Waals surface area contributed by atoms with Crippen molar-refractivity contribution in [3.05, 3.63) is 48.6 Å². The van der Waals surface area contributed by atoms with Gasteiger partial charge in [0, 0.05) is 18.4 Å². The zero-order valence-corrected chi connectivity index (χ0v) is 12.4. The zero-order chi connectivity index (χ0) is 14.5. The van der Waals surface area contributed by atoms with E-state index in [0.29, 0.717) is 18.6 Å². The third-order valence-corrected chi connectivity index (χ3v) is 4.14. The molecule has 2 heteroatoms. The molecule has 0 radical (unpaired) electrons. The predicted molar refractivity (Wildman–Crippen MR) is 81.3 cm³/mol. The van der Waals surface area contributed by atoms with Crippen molar-refractivity contribution in [1.29, 1.82) is 0 Å². The molecule has 1 aliphatic carbocycles. The third-order valence-electron chi connectivity index (χ3n) is 4.14. The van der Waals surface area contributed by atoms with E-state index < -0.39 is 0 Å². The second-order valence-electron chi connectivity index (χ2n) is 5.28. The predicted octanol–water partition coefficient (Wildman–Crippen LogP) is 3.70. The van der Waals surface area contributed by atoms with Crippen LogP contribution in [0.25, 0.3) is 0 Å². The van der Waals surface area contributed by atoms with E-state index in [2.05, 4.69) is 63.3 Å². The number of carbonyl (C=O) groups is 1. The Bertz CT molecular complexity index is 427. The summed E-state index contributed by atoms with van der Waals surface area (Å²) in [4.78, 5) is 13.8. The molecule has 0 atom stereocenters. The maximum atomic E-state index is 11.5. The molecule has 1 aliphatic rings. The summed E-state index contributed by atoms with van der Waals surface area (Å²) < 4.78 is 0. The highest BCUT2D eigenvalue weighted by molar-refractivity contribution is 5.79. The maximum absolute atomic E-state index is 11.5. The van der Waals surface area contributed by atoms with Gasteiger partial charge in [-0.15, -0.1) is 13.2 Å². The van der Waals surface area contributed by atoms with Gasteiger partial charge in [0.2, 0.25) is 0 Å². The van der Waals surface area contributed by atoms with Crippen LogP contribution in [0.5, 0.6) is 0 Å². The average molecular weight is 259 g/mol. The van der Waals surface area contributed by atoms with Gasteiger partial charge < -0.3 is 0 Å². The molecule has 0 spiro atoms. The zero-order valence-electron chi connectivity index (χ0n) is 12.4. The van der Waals surface area contributed by atoms with Crippen LogP contribution >= 0.6 is 0 Å². The quantitative estimate of drug-likeness (QED) is 0.755. The van der Waals surface area contributed by atoms with Crippen molar-refractivity contribution >= 4 is 5.78 Å². The molecule has 0 amide bonds. The summed E-state index contributed by atoms with van der Waals surface area (Å²) in [6, 6.07) is 8.56. The fraction of sp³-hybridized carbons (Fsp3) is 0.471. The van der Waals surface area contributed by atoms with Gasteiger partial charge in [0.15, 0.2) is 0 Å². The van der Waals surface area contributed by atoms with Crippen molar-refractivity contribution in [2.45, 2.75) is 38.1 Å². The Labute approximate surface area is 117 Å². The van der Waals surface area contributed by atoms with Gasteiger partial charge >= 0.3 is 0 Å². The van der Waals surface area contributed by atoms with Crippen LogP contribution in [-0.4, -0.2) is 24.8 Å². The first kappa shape index (κ1) is 15.6. The molecule has 0 aromatic heterocycles. The van der Waals surface area contributed by atoms with Crippen LogP contribution in [0.3, 0.4) is 0 Å². The van der Waals surface area contributed by atoms with Gasteiger partial charge in [0.25, 0.3) is 0 Å². The Morgan fingerprint density at radius 1 is 1.11 bits per heavy atom. The van der Waals surface area contributed by atoms with Crippen molar-refractivity contribution in [2.24, 2.45) is 0 Å². The number of benzene rings is 1. The van der Waals surface area contributed by atoms with Gasteiger partial charge in [-0.3, -0.25) is 9.69 Å². The molecule has 0 saturated heterocycles. The van der Waals surface area contributed by atoms with Crippen molar-refractivity contribution in [3.63, 3.8) is 0 Å². The number of hydrogen-bond acceptors (Lipinski definition) is 2. The SMILES string of the molecule is C=C.Cc1ccccc1C1(N(C)C)CCC(=O)CC1. The summed E-state index contributed by atoms with van der Waals surface area (Å²) >= 11 is 0. The maximum Gasteiger partial charge on any atom is 0.133 e. The van der Waals surface area contributed by atoms with Crippen LogP contribution in [0.4, 0.5) is 0 Å². The first-order chi connectivity index (χ1) is 9.06. The number of nitrogens with zero attached hydrogens (tertiary/aromatic N) is 1. The smallest absolute Gasteiger partial charge is 0.133 e. The molecule has 1 fully saturated rings. The van der Waals surface area contributed by atoms with E-state index in [9.17, 15) is 4.79 Å². The van der Waals surface area contributed by atoms with Crippen LogP contribution in [0.1, 0.15) is 36.8 Å². The van der Waals surface area contributed by atoms with E-state index in [-0.39, 0.29) is 5.54 Å². The summed E-state index contributed by atoms with van der Waals surface area (Å²) in [5.41, 5.74) is 2.77.